The Morgan fingerprint density at radius 2 is 1.28 bits per heavy atom. The van der Waals surface area contributed by atoms with Crippen LogP contribution in [0.5, 0.6) is 0 Å². The van der Waals surface area contributed by atoms with Crippen LogP contribution >= 0.6 is 11.6 Å². The van der Waals surface area contributed by atoms with Crippen molar-refractivity contribution in [1.82, 2.24) is 9.55 Å². The first-order valence-corrected chi connectivity index (χ1v) is 14.8. The number of nitro groups is 2. The van der Waals surface area contributed by atoms with Gasteiger partial charge in [-0.3, -0.25) is 24.8 Å². The monoisotopic (exact) mass is 644 g/mol. The first kappa shape index (κ1) is 31.3. The molecule has 3 N–H and O–H groups in total. The number of nitrogens with zero attached hydrogens (tertiary/aromatic N) is 4. The number of halogens is 1. The lowest BCUT2D eigenvalue weighted by Crippen LogP contribution is -2.62. The number of aliphatic hydroxyl groups is 3. The van der Waals surface area contributed by atoms with E-state index in [1.165, 1.54) is 4.57 Å². The van der Waals surface area contributed by atoms with Gasteiger partial charge in [-0.05, 0) is 28.3 Å². The SMILES string of the molecule is O=[N+]([O-])c1cc2nc(Cl)n([C@@H]3O[C@H](C(O)Cc4ccccc4)[C@](O)(Cc4ccccc4)[C@]3(O)Cc3ccccc3)c2cc1[N+](=O)[O-]. The molecule has 5 atom stereocenters. The molecule has 1 saturated heterocycles. The Labute approximate surface area is 267 Å². The molecule has 0 radical (unpaired) electrons. The van der Waals surface area contributed by atoms with Gasteiger partial charge in [-0.2, -0.15) is 0 Å². The summed E-state index contributed by atoms with van der Waals surface area (Å²) < 4.78 is 7.65. The van der Waals surface area contributed by atoms with E-state index in [1.54, 1.807) is 54.6 Å². The number of hydrogen-bond donors (Lipinski definition) is 3. The molecule has 0 amide bonds. The van der Waals surface area contributed by atoms with Gasteiger partial charge >= 0.3 is 11.4 Å². The average molecular weight is 645 g/mol. The molecule has 1 unspecified atom stereocenters. The fraction of sp³-hybridized carbons (Fsp3) is 0.242. The molecule has 1 fully saturated rings. The third-order valence-electron chi connectivity index (χ3n) is 8.55. The Kier molecular flexibility index (Phi) is 8.32. The third kappa shape index (κ3) is 5.50. The normalized spacial score (nSPS) is 23.4. The summed E-state index contributed by atoms with van der Waals surface area (Å²) in [5.41, 5.74) is -4.11. The maximum absolute atomic E-state index is 12.9. The molecule has 0 spiro atoms. The molecular formula is C33H29ClN4O8. The lowest BCUT2D eigenvalue weighted by Gasteiger charge is -2.42. The maximum atomic E-state index is 12.9. The van der Waals surface area contributed by atoms with Crippen LogP contribution in [-0.4, -0.2) is 58.1 Å². The van der Waals surface area contributed by atoms with Crippen molar-refractivity contribution in [3.63, 3.8) is 0 Å². The molecule has 0 aliphatic carbocycles. The van der Waals surface area contributed by atoms with Crippen molar-refractivity contribution in [2.75, 3.05) is 0 Å². The van der Waals surface area contributed by atoms with Crippen LogP contribution in [0.2, 0.25) is 5.28 Å². The zero-order valence-electron chi connectivity index (χ0n) is 24.2. The van der Waals surface area contributed by atoms with E-state index in [0.29, 0.717) is 11.1 Å². The minimum Gasteiger partial charge on any atom is -0.390 e. The Morgan fingerprint density at radius 1 is 0.804 bits per heavy atom. The summed E-state index contributed by atoms with van der Waals surface area (Å²) in [7, 11) is 0. The van der Waals surface area contributed by atoms with Gasteiger partial charge in [0.25, 0.3) is 0 Å². The highest BCUT2D eigenvalue weighted by atomic mass is 35.5. The maximum Gasteiger partial charge on any atom is 0.348 e. The summed E-state index contributed by atoms with van der Waals surface area (Å²) in [6.07, 6.45) is -4.59. The number of hydrogen-bond acceptors (Lipinski definition) is 9. The molecule has 0 bridgehead atoms. The summed E-state index contributed by atoms with van der Waals surface area (Å²) in [6, 6.07) is 28.7. The highest BCUT2D eigenvalue weighted by Crippen LogP contribution is 2.52. The summed E-state index contributed by atoms with van der Waals surface area (Å²) >= 11 is 6.63. The molecule has 5 aromatic rings. The van der Waals surface area contributed by atoms with E-state index < -0.39 is 50.9 Å². The van der Waals surface area contributed by atoms with Crippen molar-refractivity contribution in [2.24, 2.45) is 0 Å². The van der Waals surface area contributed by atoms with Crippen LogP contribution in [0, 0.1) is 20.2 Å². The largest absolute Gasteiger partial charge is 0.390 e. The fourth-order valence-corrected chi connectivity index (χ4v) is 6.65. The lowest BCUT2D eigenvalue weighted by atomic mass is 9.71. The number of nitro benzene ring substituents is 2. The van der Waals surface area contributed by atoms with Crippen LogP contribution < -0.4 is 0 Å². The molecular weight excluding hydrogens is 616 g/mol. The molecule has 1 aliphatic rings. The zero-order valence-corrected chi connectivity index (χ0v) is 25.0. The van der Waals surface area contributed by atoms with Gasteiger partial charge in [-0.15, -0.1) is 0 Å². The second-order valence-electron chi connectivity index (χ2n) is 11.4. The van der Waals surface area contributed by atoms with Crippen molar-refractivity contribution in [3.8, 4) is 0 Å². The fourth-order valence-electron chi connectivity index (χ4n) is 6.38. The van der Waals surface area contributed by atoms with Crippen molar-refractivity contribution < 1.29 is 29.9 Å². The van der Waals surface area contributed by atoms with Gasteiger partial charge < -0.3 is 20.1 Å². The van der Waals surface area contributed by atoms with E-state index in [9.17, 15) is 35.5 Å². The second-order valence-corrected chi connectivity index (χ2v) is 11.8. The molecule has 46 heavy (non-hydrogen) atoms. The second kappa shape index (κ2) is 12.2. The Bertz CT molecular complexity index is 1890. The van der Waals surface area contributed by atoms with Gasteiger partial charge in [0.15, 0.2) is 6.23 Å². The lowest BCUT2D eigenvalue weighted by molar-refractivity contribution is -0.422. The highest BCUT2D eigenvalue weighted by Gasteiger charge is 2.68. The molecule has 12 nitrogen and oxygen atoms in total. The number of ether oxygens (including phenoxy) is 1. The quantitative estimate of drug-likeness (QED) is 0.140. The molecule has 6 rings (SSSR count). The molecule has 0 saturated carbocycles. The number of fused-ring (bicyclic) bond motifs is 1. The predicted molar refractivity (Wildman–Crippen MR) is 168 cm³/mol. The Morgan fingerprint density at radius 3 is 1.80 bits per heavy atom. The van der Waals surface area contributed by atoms with Crippen LogP contribution in [0.25, 0.3) is 11.0 Å². The number of aliphatic hydroxyl groups excluding tert-OH is 1. The molecule has 1 aliphatic heterocycles. The average Bonchev–Trinajstić information content (AvgIpc) is 3.46. The van der Waals surface area contributed by atoms with Crippen LogP contribution in [0.1, 0.15) is 22.9 Å². The van der Waals surface area contributed by atoms with Crippen molar-refractivity contribution in [1.29, 1.82) is 0 Å². The zero-order chi connectivity index (χ0) is 32.6. The number of benzene rings is 4. The van der Waals surface area contributed by atoms with E-state index in [-0.39, 0.29) is 35.6 Å². The summed E-state index contributed by atoms with van der Waals surface area (Å²) in [5, 5.41) is 60.7. The van der Waals surface area contributed by atoms with Gasteiger partial charge in [0.05, 0.1) is 33.1 Å². The van der Waals surface area contributed by atoms with Crippen LogP contribution in [0.4, 0.5) is 11.4 Å². The van der Waals surface area contributed by atoms with Crippen LogP contribution in [0.15, 0.2) is 103 Å². The molecule has 236 valence electrons. The number of rotatable bonds is 10. The molecule has 13 heteroatoms. The third-order valence-corrected chi connectivity index (χ3v) is 8.81. The van der Waals surface area contributed by atoms with Crippen molar-refractivity contribution in [3.05, 3.63) is 145 Å². The molecule has 4 aromatic carbocycles. The minimum atomic E-state index is -2.24. The van der Waals surface area contributed by atoms with Gasteiger partial charge in [0, 0.05) is 25.3 Å². The minimum absolute atomic E-state index is 0.0425. The van der Waals surface area contributed by atoms with E-state index in [0.717, 1.165) is 17.7 Å². The summed E-state index contributed by atoms with van der Waals surface area (Å²) in [4.78, 5) is 26.0. The first-order chi connectivity index (χ1) is 22.0. The van der Waals surface area contributed by atoms with Crippen molar-refractivity contribution >= 4 is 34.0 Å². The van der Waals surface area contributed by atoms with E-state index in [2.05, 4.69) is 4.98 Å². The molecule has 2 heterocycles. The van der Waals surface area contributed by atoms with Gasteiger partial charge in [0.2, 0.25) is 5.28 Å². The summed E-state index contributed by atoms with van der Waals surface area (Å²) in [6.45, 7) is 0. The highest BCUT2D eigenvalue weighted by molar-refractivity contribution is 6.29. The van der Waals surface area contributed by atoms with Crippen LogP contribution in [-0.2, 0) is 24.0 Å². The van der Waals surface area contributed by atoms with Gasteiger partial charge in [0.1, 0.15) is 17.3 Å². The Hall–Kier alpha value is -4.72. The van der Waals surface area contributed by atoms with Crippen LogP contribution in [0.3, 0.4) is 0 Å². The Balaban J connectivity index is 1.57. The number of imidazole rings is 1. The van der Waals surface area contributed by atoms with E-state index in [4.69, 9.17) is 16.3 Å². The first-order valence-electron chi connectivity index (χ1n) is 14.4. The van der Waals surface area contributed by atoms with E-state index >= 15 is 0 Å². The summed E-state index contributed by atoms with van der Waals surface area (Å²) in [5.74, 6) is 0. The topological polar surface area (TPSA) is 174 Å². The van der Waals surface area contributed by atoms with Crippen molar-refractivity contribution in [2.45, 2.75) is 48.9 Å². The predicted octanol–water partition coefficient (Wildman–Crippen LogP) is 4.95. The standard InChI is InChI=1S/C33H29ClN4O8/c34-31-35-24-17-26(37(42)43)27(38(44)45)18-25(24)36(31)30-33(41,20-23-14-8-3-9-15-23)32(40,19-22-12-6-2-7-13-22)29(46-30)28(39)16-21-10-4-1-5-11-21/h1-15,17-18,28-30,39-41H,16,19-20H2/t28?,29-,30-,32-,33+/m1/s1. The number of aromatic nitrogens is 2. The van der Waals surface area contributed by atoms with E-state index in [1.807, 2.05) is 36.4 Å². The van der Waals surface area contributed by atoms with Gasteiger partial charge in [-0.1, -0.05) is 91.0 Å². The molecule has 1 aromatic heterocycles. The smallest absolute Gasteiger partial charge is 0.348 e. The van der Waals surface area contributed by atoms with Gasteiger partial charge in [-0.25, -0.2) is 4.98 Å².